The second kappa shape index (κ2) is 5.77. The molecule has 100 valence electrons. The quantitative estimate of drug-likeness (QED) is 0.890. The van der Waals surface area contributed by atoms with Crippen molar-refractivity contribution < 1.29 is 19.3 Å². The molecule has 0 radical (unpaired) electrons. The molecule has 0 bridgehead atoms. The van der Waals surface area contributed by atoms with Gasteiger partial charge in [0.25, 0.3) is 0 Å². The van der Waals surface area contributed by atoms with E-state index >= 15 is 0 Å². The lowest BCUT2D eigenvalue weighted by Crippen LogP contribution is -2.33. The Kier molecular flexibility index (Phi) is 4.31. The number of nitrogens with one attached hydrogen (secondary N) is 1. The number of benzene rings is 1. The van der Waals surface area contributed by atoms with Gasteiger partial charge in [0.05, 0.1) is 31.4 Å². The van der Waals surface area contributed by atoms with Crippen molar-refractivity contribution >= 4 is 15.9 Å². The van der Waals surface area contributed by atoms with Crippen LogP contribution in [0, 0.1) is 0 Å². The lowest BCUT2D eigenvalue weighted by molar-refractivity contribution is 0.0256. The average molecular weight is 318 g/mol. The zero-order valence-electron chi connectivity index (χ0n) is 10.3. The highest BCUT2D eigenvalue weighted by atomic mass is 79.9. The number of ether oxygens (including phenoxy) is 3. The van der Waals surface area contributed by atoms with E-state index in [0.29, 0.717) is 34.7 Å². The summed E-state index contributed by atoms with van der Waals surface area (Å²) in [5.74, 6) is 1.17. The van der Waals surface area contributed by atoms with Crippen molar-refractivity contribution in [2.24, 2.45) is 0 Å². The Balaban J connectivity index is 2.46. The molecule has 0 amide bonds. The van der Waals surface area contributed by atoms with Gasteiger partial charge in [-0.2, -0.15) is 0 Å². The minimum atomic E-state index is -0.201. The fraction of sp³-hybridized carbons (Fsp3) is 0.500. The number of aromatic hydroxyl groups is 1. The Morgan fingerprint density at radius 1 is 1.44 bits per heavy atom. The van der Waals surface area contributed by atoms with Crippen molar-refractivity contribution in [3.63, 3.8) is 0 Å². The molecule has 1 saturated heterocycles. The van der Waals surface area contributed by atoms with E-state index in [1.807, 2.05) is 0 Å². The number of phenols is 1. The van der Waals surface area contributed by atoms with E-state index in [4.69, 9.17) is 14.2 Å². The van der Waals surface area contributed by atoms with Crippen LogP contribution >= 0.6 is 15.9 Å². The molecular formula is C12H16BrNO4. The Morgan fingerprint density at radius 2 is 2.22 bits per heavy atom. The standard InChI is InChI=1S/C12H16BrNO4/c1-16-8-5-7(15)10(11(13)12(8)17-2)9-6-14-3-4-18-9/h5,9,14-15H,3-4,6H2,1-2H3. The Morgan fingerprint density at radius 3 is 2.78 bits per heavy atom. The maximum atomic E-state index is 10.1. The van der Waals surface area contributed by atoms with Gasteiger partial charge in [0.1, 0.15) is 5.75 Å². The first-order valence-corrected chi connectivity index (χ1v) is 6.44. The highest BCUT2D eigenvalue weighted by Gasteiger charge is 2.26. The summed E-state index contributed by atoms with van der Waals surface area (Å²) in [7, 11) is 3.09. The van der Waals surface area contributed by atoms with Crippen LogP contribution in [0.2, 0.25) is 0 Å². The lowest BCUT2D eigenvalue weighted by Gasteiger charge is -2.26. The van der Waals surface area contributed by atoms with Gasteiger partial charge in [0.15, 0.2) is 11.5 Å². The van der Waals surface area contributed by atoms with Gasteiger partial charge in [-0.15, -0.1) is 0 Å². The third-order valence-electron chi connectivity index (χ3n) is 2.88. The summed E-state index contributed by atoms with van der Waals surface area (Å²) in [5.41, 5.74) is 0.680. The zero-order chi connectivity index (χ0) is 13.1. The van der Waals surface area contributed by atoms with Crippen LogP contribution in [0.15, 0.2) is 10.5 Å². The SMILES string of the molecule is COc1cc(O)c(C2CNCCO2)c(Br)c1OC. The number of hydrogen-bond acceptors (Lipinski definition) is 5. The second-order valence-electron chi connectivity index (χ2n) is 3.92. The average Bonchev–Trinajstić information content (AvgIpc) is 2.39. The van der Waals surface area contributed by atoms with Gasteiger partial charge in [-0.05, 0) is 15.9 Å². The van der Waals surface area contributed by atoms with Crippen LogP contribution in [0.5, 0.6) is 17.2 Å². The van der Waals surface area contributed by atoms with E-state index < -0.39 is 0 Å². The van der Waals surface area contributed by atoms with Crippen molar-refractivity contribution in [2.75, 3.05) is 33.9 Å². The Bertz CT molecular complexity index is 433. The first-order chi connectivity index (χ1) is 8.69. The molecule has 0 spiro atoms. The number of hydrogen-bond donors (Lipinski definition) is 2. The monoisotopic (exact) mass is 317 g/mol. The summed E-state index contributed by atoms with van der Waals surface area (Å²) in [6.45, 7) is 2.09. The predicted molar refractivity (Wildman–Crippen MR) is 70.5 cm³/mol. The van der Waals surface area contributed by atoms with E-state index in [2.05, 4.69) is 21.2 Å². The molecule has 1 aliphatic heterocycles. The molecule has 0 saturated carbocycles. The molecule has 0 aliphatic carbocycles. The van der Waals surface area contributed by atoms with Crippen LogP contribution in [-0.4, -0.2) is 39.0 Å². The van der Waals surface area contributed by atoms with Crippen LogP contribution < -0.4 is 14.8 Å². The van der Waals surface area contributed by atoms with Gasteiger partial charge in [-0.3, -0.25) is 0 Å². The topological polar surface area (TPSA) is 60.0 Å². The largest absolute Gasteiger partial charge is 0.507 e. The Labute approximate surface area is 114 Å². The normalized spacial score (nSPS) is 19.6. The van der Waals surface area contributed by atoms with Gasteiger partial charge >= 0.3 is 0 Å². The van der Waals surface area contributed by atoms with Crippen molar-refractivity contribution in [3.05, 3.63) is 16.1 Å². The van der Waals surface area contributed by atoms with Crippen LogP contribution in [-0.2, 0) is 4.74 Å². The summed E-state index contributed by atoms with van der Waals surface area (Å²) in [5, 5.41) is 13.3. The minimum Gasteiger partial charge on any atom is -0.507 e. The molecule has 1 atom stereocenters. The van der Waals surface area contributed by atoms with Gasteiger partial charge in [0, 0.05) is 24.7 Å². The van der Waals surface area contributed by atoms with Gasteiger partial charge in [0.2, 0.25) is 0 Å². The molecule has 1 aliphatic rings. The molecule has 1 aromatic rings. The summed E-state index contributed by atoms with van der Waals surface area (Å²) in [6, 6.07) is 1.54. The molecule has 1 aromatic carbocycles. The number of methoxy groups -OCH3 is 2. The van der Waals surface area contributed by atoms with Gasteiger partial charge in [-0.1, -0.05) is 0 Å². The van der Waals surface area contributed by atoms with E-state index in [1.165, 1.54) is 13.2 Å². The first-order valence-electron chi connectivity index (χ1n) is 5.64. The molecule has 6 heteroatoms. The van der Waals surface area contributed by atoms with Crippen LogP contribution in [0.1, 0.15) is 11.7 Å². The van der Waals surface area contributed by atoms with Crippen LogP contribution in [0.3, 0.4) is 0 Å². The summed E-state index contributed by atoms with van der Waals surface area (Å²) >= 11 is 3.45. The molecule has 1 unspecified atom stereocenters. The first kappa shape index (κ1) is 13.5. The fourth-order valence-electron chi connectivity index (χ4n) is 2.01. The number of halogens is 1. The minimum absolute atomic E-state index is 0.133. The second-order valence-corrected chi connectivity index (χ2v) is 4.72. The van der Waals surface area contributed by atoms with E-state index in [0.717, 1.165) is 6.54 Å². The zero-order valence-corrected chi connectivity index (χ0v) is 11.9. The number of morpholine rings is 1. The summed E-state index contributed by atoms with van der Waals surface area (Å²) in [4.78, 5) is 0. The fourth-order valence-corrected chi connectivity index (χ4v) is 2.83. The number of phenolic OH excluding ortho intramolecular Hbond substituents is 1. The molecule has 0 aromatic heterocycles. The van der Waals surface area contributed by atoms with E-state index in [1.54, 1.807) is 7.11 Å². The van der Waals surface area contributed by atoms with E-state index in [-0.39, 0.29) is 11.9 Å². The highest BCUT2D eigenvalue weighted by molar-refractivity contribution is 9.10. The molecule has 5 nitrogen and oxygen atoms in total. The molecule has 18 heavy (non-hydrogen) atoms. The summed E-state index contributed by atoms with van der Waals surface area (Å²) in [6.07, 6.45) is -0.201. The molecule has 2 N–H and O–H groups in total. The third kappa shape index (κ3) is 2.41. The summed E-state index contributed by atoms with van der Waals surface area (Å²) < 4.78 is 16.8. The highest BCUT2D eigenvalue weighted by Crippen LogP contribution is 2.45. The molecular weight excluding hydrogens is 302 g/mol. The van der Waals surface area contributed by atoms with Crippen molar-refractivity contribution in [1.29, 1.82) is 0 Å². The maximum Gasteiger partial charge on any atom is 0.175 e. The van der Waals surface area contributed by atoms with Crippen molar-refractivity contribution in [3.8, 4) is 17.2 Å². The molecule has 1 heterocycles. The van der Waals surface area contributed by atoms with Crippen LogP contribution in [0.25, 0.3) is 0 Å². The smallest absolute Gasteiger partial charge is 0.175 e. The van der Waals surface area contributed by atoms with Crippen LogP contribution in [0.4, 0.5) is 0 Å². The van der Waals surface area contributed by atoms with Crippen molar-refractivity contribution in [2.45, 2.75) is 6.10 Å². The molecule has 1 fully saturated rings. The lowest BCUT2D eigenvalue weighted by atomic mass is 10.1. The maximum absolute atomic E-state index is 10.1. The van der Waals surface area contributed by atoms with Gasteiger partial charge < -0.3 is 24.6 Å². The predicted octanol–water partition coefficient (Wildman–Crippen LogP) is 1.83. The Hall–Kier alpha value is -0.980. The molecule has 2 rings (SSSR count). The third-order valence-corrected chi connectivity index (χ3v) is 3.66. The van der Waals surface area contributed by atoms with Gasteiger partial charge in [-0.25, -0.2) is 0 Å². The number of rotatable bonds is 3. The van der Waals surface area contributed by atoms with Crippen molar-refractivity contribution in [1.82, 2.24) is 5.32 Å². The van der Waals surface area contributed by atoms with E-state index in [9.17, 15) is 5.11 Å².